The molecule has 0 aliphatic heterocycles. The quantitative estimate of drug-likeness (QED) is 0.112. The Balaban J connectivity index is 0.969. The third-order valence-electron chi connectivity index (χ3n) is 16.6. The number of anilines is 3. The van der Waals surface area contributed by atoms with Crippen LogP contribution >= 0.6 is 0 Å². The summed E-state index contributed by atoms with van der Waals surface area (Å²) in [5.74, 6) is 0. The fraction of sp³-hybridized carbons (Fsp3) is 0.0127. The van der Waals surface area contributed by atoms with E-state index < -0.39 is 5.41 Å². The highest BCUT2D eigenvalue weighted by Gasteiger charge is 2.46. The van der Waals surface area contributed by atoms with Crippen LogP contribution in [0.3, 0.4) is 0 Å². The van der Waals surface area contributed by atoms with Gasteiger partial charge in [-0.3, -0.25) is 0 Å². The second-order valence-corrected chi connectivity index (χ2v) is 20.9. The zero-order chi connectivity index (χ0) is 54.4. The summed E-state index contributed by atoms with van der Waals surface area (Å²) in [6.07, 6.45) is 5.71. The zero-order valence-corrected chi connectivity index (χ0v) is 44.9. The summed E-state index contributed by atoms with van der Waals surface area (Å²) in [6.45, 7) is 12.1. The van der Waals surface area contributed by atoms with Crippen LogP contribution < -0.4 is 4.90 Å². The average molecular weight is 1030 g/mol. The van der Waals surface area contributed by atoms with Gasteiger partial charge in [0.1, 0.15) is 0 Å². The van der Waals surface area contributed by atoms with Gasteiger partial charge in [-0.15, -0.1) is 0 Å². The van der Waals surface area contributed by atoms with Crippen LogP contribution in [0.25, 0.3) is 101 Å². The molecule has 2 nitrogen and oxygen atoms in total. The van der Waals surface area contributed by atoms with Crippen LogP contribution in [0.2, 0.25) is 0 Å². The van der Waals surface area contributed by atoms with E-state index in [0.717, 1.165) is 89.4 Å². The topological polar surface area (TPSA) is 8.17 Å². The first-order chi connectivity index (χ1) is 40.0. The molecule has 2 heteroatoms. The van der Waals surface area contributed by atoms with Crippen LogP contribution in [0, 0.1) is 0 Å². The third kappa shape index (κ3) is 8.27. The molecule has 13 aromatic rings. The van der Waals surface area contributed by atoms with Crippen molar-refractivity contribution in [2.75, 3.05) is 4.90 Å². The minimum Gasteiger partial charge on any atom is -0.310 e. The maximum absolute atomic E-state index is 4.11. The summed E-state index contributed by atoms with van der Waals surface area (Å²) >= 11 is 0. The van der Waals surface area contributed by atoms with E-state index in [1.54, 1.807) is 0 Å². The lowest BCUT2D eigenvalue weighted by molar-refractivity contribution is 0.768. The molecular formula is C79H56N2. The van der Waals surface area contributed by atoms with Gasteiger partial charge in [0.2, 0.25) is 0 Å². The molecule has 0 saturated carbocycles. The van der Waals surface area contributed by atoms with Crippen LogP contribution in [0.5, 0.6) is 0 Å². The summed E-state index contributed by atoms with van der Waals surface area (Å²) in [5, 5.41) is 2.37. The predicted octanol–water partition coefficient (Wildman–Crippen LogP) is 21.2. The number of para-hydroxylation sites is 1. The molecule has 1 heterocycles. The van der Waals surface area contributed by atoms with Crippen molar-refractivity contribution in [3.05, 3.63) is 344 Å². The van der Waals surface area contributed by atoms with E-state index in [1.807, 2.05) is 18.2 Å². The number of rotatable bonds is 13. The molecular weight excluding hydrogens is 977 g/mol. The molecule has 0 spiro atoms. The molecule has 0 bridgehead atoms. The van der Waals surface area contributed by atoms with E-state index in [4.69, 9.17) is 0 Å². The first-order valence-electron chi connectivity index (χ1n) is 27.7. The Bertz CT molecular complexity index is 4530. The highest BCUT2D eigenvalue weighted by molar-refractivity contribution is 6.12. The molecule has 1 atom stereocenters. The highest BCUT2D eigenvalue weighted by atomic mass is 15.1. The molecule has 0 radical (unpaired) electrons. The van der Waals surface area contributed by atoms with Gasteiger partial charge in [0.25, 0.3) is 0 Å². The molecule has 1 aliphatic carbocycles. The van der Waals surface area contributed by atoms with E-state index in [1.165, 1.54) is 49.7 Å². The van der Waals surface area contributed by atoms with Gasteiger partial charge in [0, 0.05) is 33.4 Å². The fourth-order valence-corrected chi connectivity index (χ4v) is 12.7. The van der Waals surface area contributed by atoms with Crippen LogP contribution in [0.15, 0.2) is 305 Å². The van der Waals surface area contributed by atoms with Gasteiger partial charge in [0.05, 0.1) is 22.1 Å². The number of benzene rings is 12. The van der Waals surface area contributed by atoms with Crippen molar-refractivity contribution in [3.8, 4) is 61.3 Å². The zero-order valence-electron chi connectivity index (χ0n) is 44.9. The lowest BCUT2D eigenvalue weighted by Gasteiger charge is -2.35. The maximum atomic E-state index is 4.11. The van der Waals surface area contributed by atoms with Crippen LogP contribution in [0.1, 0.15) is 38.9 Å². The molecule has 0 saturated heterocycles. The summed E-state index contributed by atoms with van der Waals surface area (Å²) in [5.41, 5.74) is 25.9. The molecule has 1 aromatic heterocycles. The van der Waals surface area contributed by atoms with Crippen molar-refractivity contribution in [1.29, 1.82) is 0 Å². The first kappa shape index (κ1) is 48.8. The second kappa shape index (κ2) is 20.4. The van der Waals surface area contributed by atoms with E-state index in [2.05, 4.69) is 314 Å². The molecule has 0 fully saturated rings. The van der Waals surface area contributed by atoms with Crippen molar-refractivity contribution in [2.24, 2.45) is 0 Å². The van der Waals surface area contributed by atoms with Crippen molar-refractivity contribution < 1.29 is 0 Å². The minimum absolute atomic E-state index is 0.606. The molecule has 81 heavy (non-hydrogen) atoms. The molecule has 0 amide bonds. The van der Waals surface area contributed by atoms with Crippen LogP contribution in [-0.2, 0) is 5.41 Å². The number of aromatic nitrogens is 1. The maximum Gasteiger partial charge on any atom is 0.0714 e. The van der Waals surface area contributed by atoms with Crippen LogP contribution in [-0.4, -0.2) is 4.57 Å². The average Bonchev–Trinajstić information content (AvgIpc) is 4.26. The van der Waals surface area contributed by atoms with Gasteiger partial charge in [-0.25, -0.2) is 0 Å². The van der Waals surface area contributed by atoms with Crippen molar-refractivity contribution in [2.45, 2.75) is 5.41 Å². The highest BCUT2D eigenvalue weighted by Crippen LogP contribution is 2.58. The van der Waals surface area contributed by atoms with Gasteiger partial charge in [-0.2, -0.15) is 0 Å². The first-order valence-corrected chi connectivity index (χ1v) is 27.7. The van der Waals surface area contributed by atoms with Gasteiger partial charge >= 0.3 is 0 Å². The second-order valence-electron chi connectivity index (χ2n) is 20.9. The molecule has 14 rings (SSSR count). The standard InChI is InChI=1S/C79H56N2/c1-4-54-29-35-59(36-30-54)60-39-49-77-72(51-60)73-52-61(40-50-78(73)81(77)65-43-33-56(6-3)34-44-65)67-23-13-14-24-68(67)71-26-16-18-28-76(71)80(64-45-37-58(38-46-64)57-19-9-7-10-20-57)66-47-48-70-69-25-15-17-27-74(69)79(75(70)53-66,62-21-11-8-12-22-62)63-41-31-55(5-2)32-42-63/h4-53H,1-3H2. The smallest absolute Gasteiger partial charge is 0.0714 e. The number of fused-ring (bicyclic) bond motifs is 6. The monoisotopic (exact) mass is 1030 g/mol. The Kier molecular flexibility index (Phi) is 12.3. The van der Waals surface area contributed by atoms with E-state index in [9.17, 15) is 0 Å². The summed E-state index contributed by atoms with van der Waals surface area (Å²) in [7, 11) is 0. The van der Waals surface area contributed by atoms with Gasteiger partial charge < -0.3 is 9.47 Å². The SMILES string of the molecule is C=Cc1ccc(-c2ccc3c(c2)c2cc(-c4ccccc4-c4ccccc4N(c4ccc(-c5ccccc5)cc4)c4ccc5c(c4)C(c4ccccc4)(c4ccc(C=C)cc4)c4ccccc4-5)ccc2n3-c2ccc(C=C)cc2)cc1. The molecule has 1 unspecified atom stereocenters. The van der Waals surface area contributed by atoms with Gasteiger partial charge in [0.15, 0.2) is 0 Å². The largest absolute Gasteiger partial charge is 0.310 e. The van der Waals surface area contributed by atoms with Crippen molar-refractivity contribution >= 4 is 57.1 Å². The number of nitrogens with zero attached hydrogens (tertiary/aromatic N) is 2. The Hall–Kier alpha value is -10.5. The Morgan fingerprint density at radius 2 is 0.765 bits per heavy atom. The number of hydrogen-bond donors (Lipinski definition) is 0. The third-order valence-corrected chi connectivity index (χ3v) is 16.6. The lowest BCUT2D eigenvalue weighted by Crippen LogP contribution is -2.28. The molecule has 1 aliphatic rings. The molecule has 382 valence electrons. The fourth-order valence-electron chi connectivity index (χ4n) is 12.7. The molecule has 0 N–H and O–H groups in total. The van der Waals surface area contributed by atoms with Crippen molar-refractivity contribution in [3.63, 3.8) is 0 Å². The van der Waals surface area contributed by atoms with E-state index in [0.29, 0.717) is 0 Å². The van der Waals surface area contributed by atoms with E-state index in [-0.39, 0.29) is 0 Å². The van der Waals surface area contributed by atoms with Crippen LogP contribution in [0.4, 0.5) is 17.1 Å². The summed E-state index contributed by atoms with van der Waals surface area (Å²) in [6, 6.07) is 105. The Morgan fingerprint density at radius 1 is 0.309 bits per heavy atom. The van der Waals surface area contributed by atoms with E-state index >= 15 is 0 Å². The minimum atomic E-state index is -0.606. The van der Waals surface area contributed by atoms with Crippen molar-refractivity contribution in [1.82, 2.24) is 4.57 Å². The Morgan fingerprint density at radius 3 is 1.43 bits per heavy atom. The normalized spacial score (nSPS) is 13.4. The molecule has 12 aromatic carbocycles. The summed E-state index contributed by atoms with van der Waals surface area (Å²) in [4.78, 5) is 2.47. The summed E-state index contributed by atoms with van der Waals surface area (Å²) < 4.78 is 2.39. The van der Waals surface area contributed by atoms with Gasteiger partial charge in [-0.1, -0.05) is 256 Å². The predicted molar refractivity (Wildman–Crippen MR) is 345 cm³/mol. The number of hydrogen-bond acceptors (Lipinski definition) is 1. The Labute approximate surface area is 474 Å². The lowest BCUT2D eigenvalue weighted by atomic mass is 9.67. The van der Waals surface area contributed by atoms with Gasteiger partial charge in [-0.05, 0) is 156 Å².